The molecule has 0 bridgehead atoms. The van der Waals surface area contributed by atoms with E-state index in [1.54, 1.807) is 0 Å². The van der Waals surface area contributed by atoms with Crippen LogP contribution < -0.4 is 5.32 Å². The smallest absolute Gasteiger partial charge is 0.408 e. The summed E-state index contributed by atoms with van der Waals surface area (Å²) in [6.07, 6.45) is 0.101. The zero-order valence-corrected chi connectivity index (χ0v) is 14.4. The number of nitrogens with one attached hydrogen (secondary N) is 1. The number of carbonyl (C=O) groups excluding carboxylic acids is 1. The fourth-order valence-corrected chi connectivity index (χ4v) is 3.00. The molecule has 1 aromatic carbocycles. The van der Waals surface area contributed by atoms with E-state index in [1.807, 2.05) is 44.2 Å². The minimum atomic E-state index is -1.08. The Kier molecular flexibility index (Phi) is 6.31. The average Bonchev–Trinajstić information content (AvgIpc) is 3.03. The number of nitrogens with zero attached hydrogens (tertiary/aromatic N) is 1. The van der Waals surface area contributed by atoms with Gasteiger partial charge in [0.1, 0.15) is 11.6 Å². The summed E-state index contributed by atoms with van der Waals surface area (Å²) >= 11 is 1.22. The van der Waals surface area contributed by atoms with Crippen LogP contribution in [0.1, 0.15) is 47.4 Å². The van der Waals surface area contributed by atoms with Crippen LogP contribution in [0.3, 0.4) is 0 Å². The van der Waals surface area contributed by atoms with Crippen molar-refractivity contribution in [2.45, 2.75) is 32.9 Å². The van der Waals surface area contributed by atoms with Crippen molar-refractivity contribution < 1.29 is 19.4 Å². The fraction of sp³-hybridized carbons (Fsp3) is 0.353. The molecular weight excluding hydrogens is 328 g/mol. The summed E-state index contributed by atoms with van der Waals surface area (Å²) in [5, 5.41) is 13.8. The molecular formula is C17H20N2O4S. The largest absolute Gasteiger partial charge is 0.476 e. The molecule has 1 heterocycles. The lowest BCUT2D eigenvalue weighted by atomic mass is 10.0. The molecule has 2 N–H and O–H groups in total. The third-order valence-corrected chi connectivity index (χ3v) is 4.21. The van der Waals surface area contributed by atoms with Crippen molar-refractivity contribution in [2.75, 3.05) is 0 Å². The molecule has 1 amide bonds. The van der Waals surface area contributed by atoms with Crippen LogP contribution in [0.5, 0.6) is 0 Å². The number of aromatic carboxylic acids is 1. The Hall–Kier alpha value is -2.41. The van der Waals surface area contributed by atoms with E-state index in [2.05, 4.69) is 10.3 Å². The second kappa shape index (κ2) is 8.44. The monoisotopic (exact) mass is 348 g/mol. The van der Waals surface area contributed by atoms with Gasteiger partial charge < -0.3 is 15.2 Å². The Morgan fingerprint density at radius 1 is 1.29 bits per heavy atom. The predicted molar refractivity (Wildman–Crippen MR) is 91.0 cm³/mol. The lowest BCUT2D eigenvalue weighted by molar-refractivity contribution is 0.0691. The van der Waals surface area contributed by atoms with Crippen LogP contribution in [0, 0.1) is 5.92 Å². The van der Waals surface area contributed by atoms with Gasteiger partial charge in [0, 0.05) is 5.38 Å². The van der Waals surface area contributed by atoms with Gasteiger partial charge in [-0.15, -0.1) is 11.3 Å². The summed E-state index contributed by atoms with van der Waals surface area (Å²) in [5.41, 5.74) is 0.888. The highest BCUT2D eigenvalue weighted by Gasteiger charge is 2.21. The number of rotatable bonds is 7. The van der Waals surface area contributed by atoms with Crippen LogP contribution in [-0.2, 0) is 11.3 Å². The quantitative estimate of drug-likeness (QED) is 0.793. The standard InChI is InChI=1S/C17H20N2O4S/c1-11(2)8-13(15-18-14(10-24-15)16(20)21)19-17(22)23-9-12-6-4-3-5-7-12/h3-7,10-11,13H,8-9H2,1-2H3,(H,19,22)(H,20,21). The summed E-state index contributed by atoms with van der Waals surface area (Å²) < 4.78 is 5.23. The summed E-state index contributed by atoms with van der Waals surface area (Å²) in [5.74, 6) is -0.769. The number of benzene rings is 1. The van der Waals surface area contributed by atoms with Crippen molar-refractivity contribution in [3.05, 3.63) is 52.0 Å². The van der Waals surface area contributed by atoms with Gasteiger partial charge in [0.25, 0.3) is 0 Å². The maximum atomic E-state index is 12.0. The van der Waals surface area contributed by atoms with E-state index in [0.717, 1.165) is 5.56 Å². The van der Waals surface area contributed by atoms with Gasteiger partial charge in [-0.25, -0.2) is 14.6 Å². The number of carbonyl (C=O) groups is 2. The van der Waals surface area contributed by atoms with Crippen LogP contribution >= 0.6 is 11.3 Å². The molecule has 0 aliphatic heterocycles. The normalized spacial score (nSPS) is 12.0. The molecule has 0 aliphatic carbocycles. The number of hydrogen-bond acceptors (Lipinski definition) is 5. The number of ether oxygens (including phenoxy) is 1. The molecule has 0 spiro atoms. The summed E-state index contributed by atoms with van der Waals surface area (Å²) in [6, 6.07) is 9.02. The molecule has 24 heavy (non-hydrogen) atoms. The number of alkyl carbamates (subject to hydrolysis) is 1. The van der Waals surface area contributed by atoms with E-state index < -0.39 is 12.1 Å². The zero-order valence-electron chi connectivity index (χ0n) is 13.6. The first-order chi connectivity index (χ1) is 11.5. The van der Waals surface area contributed by atoms with Gasteiger partial charge in [0.15, 0.2) is 5.69 Å². The van der Waals surface area contributed by atoms with Crippen LogP contribution in [0.2, 0.25) is 0 Å². The van der Waals surface area contributed by atoms with Crippen LogP contribution in [-0.4, -0.2) is 22.2 Å². The molecule has 0 saturated heterocycles. The van der Waals surface area contributed by atoms with Crippen LogP contribution in [0.25, 0.3) is 0 Å². The highest BCUT2D eigenvalue weighted by Crippen LogP contribution is 2.25. The van der Waals surface area contributed by atoms with E-state index in [-0.39, 0.29) is 18.3 Å². The van der Waals surface area contributed by atoms with Gasteiger partial charge in [-0.1, -0.05) is 44.2 Å². The Morgan fingerprint density at radius 2 is 2.00 bits per heavy atom. The number of amides is 1. The van der Waals surface area contributed by atoms with E-state index in [0.29, 0.717) is 17.3 Å². The van der Waals surface area contributed by atoms with Gasteiger partial charge in [-0.3, -0.25) is 0 Å². The molecule has 2 rings (SSSR count). The van der Waals surface area contributed by atoms with E-state index >= 15 is 0 Å². The second-order valence-electron chi connectivity index (χ2n) is 5.76. The van der Waals surface area contributed by atoms with E-state index in [4.69, 9.17) is 9.84 Å². The average molecular weight is 348 g/mol. The third kappa shape index (κ3) is 5.34. The maximum absolute atomic E-state index is 12.0. The molecule has 1 aromatic heterocycles. The summed E-state index contributed by atoms with van der Waals surface area (Å²) in [6.45, 7) is 4.23. The highest BCUT2D eigenvalue weighted by atomic mass is 32.1. The molecule has 7 heteroatoms. The van der Waals surface area contributed by atoms with Gasteiger partial charge in [0.05, 0.1) is 6.04 Å². The minimum Gasteiger partial charge on any atom is -0.476 e. The Bertz CT molecular complexity index is 685. The summed E-state index contributed by atoms with van der Waals surface area (Å²) in [7, 11) is 0. The fourth-order valence-electron chi connectivity index (χ4n) is 2.15. The second-order valence-corrected chi connectivity index (χ2v) is 6.65. The van der Waals surface area contributed by atoms with Gasteiger partial charge in [0.2, 0.25) is 0 Å². The van der Waals surface area contributed by atoms with Crippen molar-refractivity contribution in [1.29, 1.82) is 0 Å². The first-order valence-corrected chi connectivity index (χ1v) is 8.49. The Balaban J connectivity index is 1.99. The highest BCUT2D eigenvalue weighted by molar-refractivity contribution is 7.09. The molecule has 2 aromatic rings. The topological polar surface area (TPSA) is 88.5 Å². The molecule has 0 fully saturated rings. The van der Waals surface area contributed by atoms with E-state index in [9.17, 15) is 9.59 Å². The van der Waals surface area contributed by atoms with Gasteiger partial charge in [-0.05, 0) is 17.9 Å². The number of carboxylic acids is 1. The molecule has 1 unspecified atom stereocenters. The first kappa shape index (κ1) is 17.9. The molecule has 6 nitrogen and oxygen atoms in total. The SMILES string of the molecule is CC(C)CC(NC(=O)OCc1ccccc1)c1nc(C(=O)O)cs1. The van der Waals surface area contributed by atoms with Gasteiger partial charge >= 0.3 is 12.1 Å². The number of hydrogen-bond donors (Lipinski definition) is 2. The molecule has 0 aliphatic rings. The van der Waals surface area contributed by atoms with Crippen molar-refractivity contribution in [3.63, 3.8) is 0 Å². The Morgan fingerprint density at radius 3 is 2.58 bits per heavy atom. The maximum Gasteiger partial charge on any atom is 0.408 e. The van der Waals surface area contributed by atoms with Crippen molar-refractivity contribution in [2.24, 2.45) is 5.92 Å². The van der Waals surface area contributed by atoms with Crippen LogP contribution in [0.15, 0.2) is 35.7 Å². The van der Waals surface area contributed by atoms with Crippen molar-refractivity contribution >= 4 is 23.4 Å². The number of thiazole rings is 1. The van der Waals surface area contributed by atoms with Crippen molar-refractivity contribution in [1.82, 2.24) is 10.3 Å². The Labute approximate surface area is 144 Å². The summed E-state index contributed by atoms with van der Waals surface area (Å²) in [4.78, 5) is 27.1. The molecule has 128 valence electrons. The molecule has 0 radical (unpaired) electrons. The zero-order chi connectivity index (χ0) is 17.5. The third-order valence-electron chi connectivity index (χ3n) is 3.25. The number of aromatic nitrogens is 1. The molecule has 1 atom stereocenters. The molecule has 0 saturated carbocycles. The van der Waals surface area contributed by atoms with Gasteiger partial charge in [-0.2, -0.15) is 0 Å². The lowest BCUT2D eigenvalue weighted by Gasteiger charge is -2.18. The van der Waals surface area contributed by atoms with Crippen LogP contribution in [0.4, 0.5) is 4.79 Å². The predicted octanol–water partition coefficient (Wildman–Crippen LogP) is 3.85. The minimum absolute atomic E-state index is 0.0109. The van der Waals surface area contributed by atoms with Crippen molar-refractivity contribution in [3.8, 4) is 0 Å². The van der Waals surface area contributed by atoms with E-state index in [1.165, 1.54) is 16.7 Å². The number of carboxylic acid groups (broad SMARTS) is 1. The lowest BCUT2D eigenvalue weighted by Crippen LogP contribution is -2.30. The first-order valence-electron chi connectivity index (χ1n) is 7.61.